The molecule has 6 atom stereocenters. The Morgan fingerprint density at radius 2 is 1.64 bits per heavy atom. The van der Waals surface area contributed by atoms with E-state index >= 15 is 0 Å². The van der Waals surface area contributed by atoms with Crippen LogP contribution in [-0.4, -0.2) is 11.8 Å². The largest absolute Gasteiger partial charge is 0.274 e. The molecule has 2 bridgehead atoms. The van der Waals surface area contributed by atoms with Crippen LogP contribution in [0, 0.1) is 35.5 Å². The van der Waals surface area contributed by atoms with E-state index in [0.29, 0.717) is 22.5 Å². The minimum atomic E-state index is -0.175. The molecule has 1 heterocycles. The van der Waals surface area contributed by atoms with Crippen molar-refractivity contribution in [3.63, 3.8) is 0 Å². The molecule has 0 spiro atoms. The molecule has 0 radical (unpaired) electrons. The fourth-order valence-electron chi connectivity index (χ4n) is 4.86. The van der Waals surface area contributed by atoms with Crippen molar-refractivity contribution in [2.24, 2.45) is 35.5 Å². The van der Waals surface area contributed by atoms with Crippen LogP contribution in [0.4, 0.5) is 5.69 Å². The zero-order valence-electron chi connectivity index (χ0n) is 11.6. The van der Waals surface area contributed by atoms with Crippen molar-refractivity contribution < 1.29 is 9.59 Å². The molecule has 4 aliphatic carbocycles. The normalized spacial score (nSPS) is 40.9. The number of nitrogens with zero attached hydrogens (tertiary/aromatic N) is 1. The molecule has 5 aliphatic rings. The molecule has 0 N–H and O–H groups in total. The van der Waals surface area contributed by atoms with Gasteiger partial charge in [-0.1, -0.05) is 39.7 Å². The van der Waals surface area contributed by atoms with E-state index < -0.39 is 0 Å². The lowest BCUT2D eigenvalue weighted by molar-refractivity contribution is -0.124. The third kappa shape index (κ3) is 1.52. The van der Waals surface area contributed by atoms with Crippen LogP contribution in [0.3, 0.4) is 0 Å². The van der Waals surface area contributed by atoms with E-state index in [0.717, 1.165) is 4.47 Å². The Morgan fingerprint density at radius 3 is 2.18 bits per heavy atom. The Morgan fingerprint density at radius 1 is 1.05 bits per heavy atom. The minimum absolute atomic E-state index is 0.0658. The first kappa shape index (κ1) is 13.3. The van der Waals surface area contributed by atoms with Crippen molar-refractivity contribution in [1.29, 1.82) is 0 Å². The Bertz CT molecular complexity index is 725. The van der Waals surface area contributed by atoms with Crippen molar-refractivity contribution in [1.82, 2.24) is 0 Å². The average molecular weight is 379 g/mol. The molecule has 1 aromatic rings. The summed E-state index contributed by atoms with van der Waals surface area (Å²) in [4.78, 5) is 27.2. The summed E-state index contributed by atoms with van der Waals surface area (Å²) in [6.07, 6.45) is 5.53. The summed E-state index contributed by atoms with van der Waals surface area (Å²) in [5.74, 6) is 1.25. The summed E-state index contributed by atoms with van der Waals surface area (Å²) < 4.78 is 0.834. The van der Waals surface area contributed by atoms with Gasteiger partial charge >= 0.3 is 0 Å². The van der Waals surface area contributed by atoms with Gasteiger partial charge in [0.2, 0.25) is 11.8 Å². The third-order valence-corrected chi connectivity index (χ3v) is 6.61. The Kier molecular flexibility index (Phi) is 2.56. The van der Waals surface area contributed by atoms with Crippen LogP contribution >= 0.6 is 27.5 Å². The second-order valence-electron chi connectivity index (χ2n) is 6.76. The molecule has 0 aromatic heterocycles. The number of carbonyl (C=O) groups is 2. The first-order chi connectivity index (χ1) is 10.6. The molecule has 2 saturated carbocycles. The summed E-state index contributed by atoms with van der Waals surface area (Å²) in [6, 6.07) is 5.29. The number of rotatable bonds is 1. The summed E-state index contributed by atoms with van der Waals surface area (Å²) in [7, 11) is 0. The number of hydrogen-bond acceptors (Lipinski definition) is 2. The lowest BCUT2D eigenvalue weighted by Gasteiger charge is -2.37. The quantitative estimate of drug-likeness (QED) is 0.552. The molecule has 22 heavy (non-hydrogen) atoms. The SMILES string of the molecule is O=C1C2C3C=CC(C4CC34)C2C(=O)N1c1ccc(Br)cc1Cl. The number of halogens is 2. The predicted molar refractivity (Wildman–Crippen MR) is 86.3 cm³/mol. The summed E-state index contributed by atoms with van der Waals surface area (Å²) in [5, 5.41) is 0.431. The minimum Gasteiger partial charge on any atom is -0.274 e. The summed E-state index contributed by atoms with van der Waals surface area (Å²) in [5.41, 5.74) is 0.516. The fourth-order valence-corrected chi connectivity index (χ4v) is 5.61. The van der Waals surface area contributed by atoms with E-state index in [9.17, 15) is 9.59 Å². The summed E-state index contributed by atoms with van der Waals surface area (Å²) in [6.45, 7) is 0. The van der Waals surface area contributed by atoms with Gasteiger partial charge in [-0.05, 0) is 48.3 Å². The molecular weight excluding hydrogens is 366 g/mol. The number of carbonyl (C=O) groups excluding carboxylic acids is 2. The number of allylic oxidation sites excluding steroid dienone is 2. The van der Waals surface area contributed by atoms with Crippen LogP contribution < -0.4 is 4.90 Å². The molecule has 1 aromatic carbocycles. The van der Waals surface area contributed by atoms with Crippen molar-refractivity contribution in [3.8, 4) is 0 Å². The highest BCUT2D eigenvalue weighted by Gasteiger charge is 2.67. The van der Waals surface area contributed by atoms with E-state index in [4.69, 9.17) is 11.6 Å². The van der Waals surface area contributed by atoms with E-state index in [-0.39, 0.29) is 35.5 Å². The van der Waals surface area contributed by atoms with E-state index in [1.807, 2.05) is 6.07 Å². The average Bonchev–Trinajstić information content (AvgIpc) is 3.26. The molecule has 6 rings (SSSR count). The third-order valence-electron chi connectivity index (χ3n) is 5.81. The van der Waals surface area contributed by atoms with Crippen LogP contribution in [-0.2, 0) is 9.59 Å². The monoisotopic (exact) mass is 377 g/mol. The second-order valence-corrected chi connectivity index (χ2v) is 8.09. The van der Waals surface area contributed by atoms with Crippen molar-refractivity contribution in [3.05, 3.63) is 39.8 Å². The maximum atomic E-state index is 12.9. The summed E-state index contributed by atoms with van der Waals surface area (Å²) >= 11 is 9.63. The lowest BCUT2D eigenvalue weighted by Crippen LogP contribution is -2.40. The maximum absolute atomic E-state index is 12.9. The van der Waals surface area contributed by atoms with Crippen LogP contribution in [0.2, 0.25) is 5.02 Å². The zero-order chi connectivity index (χ0) is 15.2. The number of amides is 2. The number of imide groups is 1. The first-order valence-corrected chi connectivity index (χ1v) is 8.76. The van der Waals surface area contributed by atoms with Gasteiger partial charge in [-0.25, -0.2) is 4.90 Å². The van der Waals surface area contributed by atoms with Crippen molar-refractivity contribution >= 4 is 45.0 Å². The molecule has 5 heteroatoms. The molecule has 1 aliphatic heterocycles. The smallest absolute Gasteiger partial charge is 0.238 e. The standard InChI is InChI=1S/C17H13BrClNO2/c18-7-1-4-13(12(19)5-7)20-16(21)14-8-2-3-9(11-6-10(8)11)15(14)17(20)22/h1-5,8-11,14-15H,6H2. The van der Waals surface area contributed by atoms with Gasteiger partial charge in [0.05, 0.1) is 22.5 Å². The van der Waals surface area contributed by atoms with Gasteiger partial charge in [0.25, 0.3) is 0 Å². The van der Waals surface area contributed by atoms with Gasteiger partial charge in [0, 0.05) is 4.47 Å². The van der Waals surface area contributed by atoms with Gasteiger partial charge in [-0.3, -0.25) is 9.59 Å². The Balaban J connectivity index is 1.60. The van der Waals surface area contributed by atoms with E-state index in [1.54, 1.807) is 12.1 Å². The van der Waals surface area contributed by atoms with Crippen LogP contribution in [0.1, 0.15) is 6.42 Å². The van der Waals surface area contributed by atoms with Gasteiger partial charge in [-0.2, -0.15) is 0 Å². The van der Waals surface area contributed by atoms with E-state index in [2.05, 4.69) is 28.1 Å². The number of anilines is 1. The highest BCUT2D eigenvalue weighted by Crippen LogP contribution is 2.65. The van der Waals surface area contributed by atoms with Crippen LogP contribution in [0.5, 0.6) is 0 Å². The predicted octanol–water partition coefficient (Wildman–Crippen LogP) is 3.66. The highest BCUT2D eigenvalue weighted by atomic mass is 79.9. The van der Waals surface area contributed by atoms with Crippen LogP contribution in [0.15, 0.2) is 34.8 Å². The topological polar surface area (TPSA) is 37.4 Å². The highest BCUT2D eigenvalue weighted by molar-refractivity contribution is 9.10. The van der Waals surface area contributed by atoms with Crippen molar-refractivity contribution in [2.75, 3.05) is 4.90 Å². The Labute approximate surface area is 141 Å². The van der Waals surface area contributed by atoms with E-state index in [1.165, 1.54) is 11.3 Å². The van der Waals surface area contributed by atoms with Gasteiger partial charge in [0.1, 0.15) is 0 Å². The van der Waals surface area contributed by atoms with Gasteiger partial charge in [0.15, 0.2) is 0 Å². The maximum Gasteiger partial charge on any atom is 0.238 e. The van der Waals surface area contributed by atoms with Crippen LogP contribution in [0.25, 0.3) is 0 Å². The molecule has 6 unspecified atom stereocenters. The second kappa shape index (κ2) is 4.24. The van der Waals surface area contributed by atoms with Gasteiger partial charge in [-0.15, -0.1) is 0 Å². The number of hydrogen-bond donors (Lipinski definition) is 0. The molecule has 3 fully saturated rings. The first-order valence-electron chi connectivity index (χ1n) is 7.59. The molecule has 112 valence electrons. The molecule has 3 nitrogen and oxygen atoms in total. The molecule has 2 amide bonds. The van der Waals surface area contributed by atoms with Gasteiger partial charge < -0.3 is 0 Å². The number of benzene rings is 1. The molecule has 1 saturated heterocycles. The Hall–Kier alpha value is -1.13. The van der Waals surface area contributed by atoms with Crippen molar-refractivity contribution in [2.45, 2.75) is 6.42 Å². The molecular formula is C17H13BrClNO2. The fraction of sp³-hybridized carbons (Fsp3) is 0.412. The lowest BCUT2D eigenvalue weighted by atomic mass is 9.63. The zero-order valence-corrected chi connectivity index (χ0v) is 13.9.